The summed E-state index contributed by atoms with van der Waals surface area (Å²) >= 11 is 1.32. The molecule has 2 aromatic carbocycles. The average molecular weight is 422 g/mol. The number of carbonyl (C=O) groups is 1. The minimum Gasteiger partial charge on any atom is -0.345 e. The highest BCUT2D eigenvalue weighted by molar-refractivity contribution is 8.00. The molecule has 2 N–H and O–H groups in total. The number of fused-ring (bicyclic) bond motifs is 1. The van der Waals surface area contributed by atoms with E-state index < -0.39 is 0 Å². The summed E-state index contributed by atoms with van der Waals surface area (Å²) < 4.78 is 1.63. The van der Waals surface area contributed by atoms with Crippen molar-refractivity contribution >= 4 is 28.7 Å². The monoisotopic (exact) mass is 421 g/mol. The van der Waals surface area contributed by atoms with Crippen molar-refractivity contribution < 1.29 is 4.79 Å². The second-order valence-corrected chi connectivity index (χ2v) is 8.65. The van der Waals surface area contributed by atoms with Crippen molar-refractivity contribution in [2.45, 2.75) is 37.2 Å². The Balaban J connectivity index is 1.49. The maximum atomic E-state index is 13.0. The number of hydrogen-bond donors (Lipinski definition) is 2. The van der Waals surface area contributed by atoms with Crippen molar-refractivity contribution in [1.82, 2.24) is 35.5 Å². The first-order chi connectivity index (χ1) is 14.5. The van der Waals surface area contributed by atoms with Gasteiger partial charge >= 0.3 is 0 Å². The number of imidazole rings is 1. The smallest absolute Gasteiger partial charge is 0.233 e. The minimum absolute atomic E-state index is 0.0956. The molecule has 2 atom stereocenters. The van der Waals surface area contributed by atoms with E-state index in [1.54, 1.807) is 4.68 Å². The van der Waals surface area contributed by atoms with Crippen LogP contribution in [0.25, 0.3) is 16.7 Å². The summed E-state index contributed by atoms with van der Waals surface area (Å²) in [5.41, 5.74) is 2.69. The van der Waals surface area contributed by atoms with Gasteiger partial charge in [-0.05, 0) is 47.5 Å². The highest BCUT2D eigenvalue weighted by atomic mass is 32.2. The molecule has 0 aliphatic carbocycles. The molecule has 0 unspecified atom stereocenters. The molecule has 154 valence electrons. The Morgan fingerprint density at radius 2 is 1.80 bits per heavy atom. The molecule has 30 heavy (non-hydrogen) atoms. The van der Waals surface area contributed by atoms with E-state index in [0.717, 1.165) is 22.5 Å². The number of hydrogen-bond acceptors (Lipinski definition) is 6. The van der Waals surface area contributed by atoms with Gasteiger partial charge < -0.3 is 10.3 Å². The standard InChI is InChI=1S/C21H23N7OS/c1-13(2)18(19-22-16-11-7-8-12-17(16)23-19)24-20(29)14(3)30-21-25-26-27-28(21)15-9-5-4-6-10-15/h4-14,18H,1-3H3,(H,22,23)(H,24,29)/t14-,18-/m0/s1. The minimum atomic E-state index is -0.385. The average Bonchev–Trinajstić information content (AvgIpc) is 3.38. The second-order valence-electron chi connectivity index (χ2n) is 7.34. The van der Waals surface area contributed by atoms with Crippen LogP contribution >= 0.6 is 11.8 Å². The third-order valence-corrected chi connectivity index (χ3v) is 5.79. The summed E-state index contributed by atoms with van der Waals surface area (Å²) in [5, 5.41) is 15.2. The number of para-hydroxylation sites is 3. The van der Waals surface area contributed by atoms with Crippen molar-refractivity contribution in [2.75, 3.05) is 0 Å². The number of H-pyrrole nitrogens is 1. The molecule has 0 fully saturated rings. The van der Waals surface area contributed by atoms with Gasteiger partial charge in [0, 0.05) is 0 Å². The lowest BCUT2D eigenvalue weighted by molar-refractivity contribution is -0.121. The molecule has 4 aromatic rings. The van der Waals surface area contributed by atoms with Gasteiger partial charge in [0.05, 0.1) is 28.0 Å². The predicted molar refractivity (Wildman–Crippen MR) is 116 cm³/mol. The van der Waals surface area contributed by atoms with Crippen LogP contribution in [0.1, 0.15) is 32.6 Å². The second kappa shape index (κ2) is 8.66. The van der Waals surface area contributed by atoms with E-state index in [1.807, 2.05) is 61.5 Å². The van der Waals surface area contributed by atoms with Gasteiger partial charge in [-0.15, -0.1) is 5.10 Å². The third kappa shape index (κ3) is 4.20. The number of thioether (sulfide) groups is 1. The fraction of sp³-hybridized carbons (Fsp3) is 0.286. The van der Waals surface area contributed by atoms with E-state index >= 15 is 0 Å². The Kier molecular flexibility index (Phi) is 5.80. The number of benzene rings is 2. The van der Waals surface area contributed by atoms with E-state index in [2.05, 4.69) is 44.7 Å². The summed E-state index contributed by atoms with van der Waals surface area (Å²) in [6, 6.07) is 17.2. The van der Waals surface area contributed by atoms with E-state index in [4.69, 9.17) is 0 Å². The maximum Gasteiger partial charge on any atom is 0.233 e. The molecule has 0 radical (unpaired) electrons. The van der Waals surface area contributed by atoms with Gasteiger partial charge in [-0.1, -0.05) is 55.9 Å². The molecule has 0 bridgehead atoms. The van der Waals surface area contributed by atoms with Gasteiger partial charge in [0.25, 0.3) is 0 Å². The largest absolute Gasteiger partial charge is 0.345 e. The molecular formula is C21H23N7OS. The highest BCUT2D eigenvalue weighted by Crippen LogP contribution is 2.26. The van der Waals surface area contributed by atoms with Gasteiger partial charge in [0.15, 0.2) is 0 Å². The van der Waals surface area contributed by atoms with Crippen LogP contribution in [-0.2, 0) is 4.79 Å². The first-order valence-corrected chi connectivity index (χ1v) is 10.7. The predicted octanol–water partition coefficient (Wildman–Crippen LogP) is 3.53. The number of rotatable bonds is 7. The molecule has 8 nitrogen and oxygen atoms in total. The molecular weight excluding hydrogens is 398 g/mol. The number of carbonyl (C=O) groups excluding carboxylic acids is 1. The van der Waals surface area contributed by atoms with Crippen LogP contribution in [0.4, 0.5) is 0 Å². The normalized spacial score (nSPS) is 13.5. The molecule has 1 amide bonds. The Labute approximate surface area is 178 Å². The molecule has 9 heteroatoms. The van der Waals surface area contributed by atoms with Gasteiger partial charge in [0.2, 0.25) is 11.1 Å². The molecule has 0 saturated carbocycles. The maximum absolute atomic E-state index is 13.0. The lowest BCUT2D eigenvalue weighted by Crippen LogP contribution is -2.37. The lowest BCUT2D eigenvalue weighted by atomic mass is 10.0. The zero-order chi connectivity index (χ0) is 21.1. The lowest BCUT2D eigenvalue weighted by Gasteiger charge is -2.22. The number of nitrogens with zero attached hydrogens (tertiary/aromatic N) is 5. The van der Waals surface area contributed by atoms with Crippen molar-refractivity contribution in [3.63, 3.8) is 0 Å². The van der Waals surface area contributed by atoms with E-state index in [0.29, 0.717) is 5.16 Å². The van der Waals surface area contributed by atoms with E-state index in [1.165, 1.54) is 11.8 Å². The number of amides is 1. The quantitative estimate of drug-likeness (QED) is 0.443. The van der Waals surface area contributed by atoms with Crippen molar-refractivity contribution in [3.05, 3.63) is 60.4 Å². The van der Waals surface area contributed by atoms with Crippen LogP contribution in [0.15, 0.2) is 59.8 Å². The highest BCUT2D eigenvalue weighted by Gasteiger charge is 2.26. The molecule has 0 spiro atoms. The van der Waals surface area contributed by atoms with Gasteiger partial charge in [-0.2, -0.15) is 4.68 Å². The fourth-order valence-corrected chi connectivity index (χ4v) is 3.95. The SMILES string of the molecule is CC(C)[C@H](NC(=O)[C@H](C)Sc1nnnn1-c1ccccc1)c1nc2ccccc2[nH]1. The molecule has 0 aliphatic rings. The zero-order valence-electron chi connectivity index (χ0n) is 17.0. The van der Waals surface area contributed by atoms with Crippen molar-refractivity contribution in [3.8, 4) is 5.69 Å². The number of aromatic nitrogens is 6. The van der Waals surface area contributed by atoms with Crippen LogP contribution in [-0.4, -0.2) is 41.3 Å². The number of tetrazole rings is 1. The molecule has 4 rings (SSSR count). The van der Waals surface area contributed by atoms with E-state index in [9.17, 15) is 4.79 Å². The van der Waals surface area contributed by atoms with Crippen LogP contribution in [0.3, 0.4) is 0 Å². The van der Waals surface area contributed by atoms with Crippen LogP contribution in [0, 0.1) is 5.92 Å². The molecule has 0 aliphatic heterocycles. The Morgan fingerprint density at radius 3 is 2.53 bits per heavy atom. The third-order valence-electron chi connectivity index (χ3n) is 4.76. The van der Waals surface area contributed by atoms with Crippen molar-refractivity contribution in [1.29, 1.82) is 0 Å². The summed E-state index contributed by atoms with van der Waals surface area (Å²) in [7, 11) is 0. The molecule has 2 aromatic heterocycles. The Hall–Kier alpha value is -3.20. The van der Waals surface area contributed by atoms with Gasteiger partial charge in [0.1, 0.15) is 5.82 Å². The summed E-state index contributed by atoms with van der Waals surface area (Å²) in [5.74, 6) is 0.828. The first-order valence-electron chi connectivity index (χ1n) is 9.78. The fourth-order valence-electron chi connectivity index (χ4n) is 3.14. The van der Waals surface area contributed by atoms with Crippen molar-refractivity contribution in [2.24, 2.45) is 5.92 Å². The summed E-state index contributed by atoms with van der Waals surface area (Å²) in [4.78, 5) is 21.0. The van der Waals surface area contributed by atoms with E-state index in [-0.39, 0.29) is 23.1 Å². The zero-order valence-corrected chi connectivity index (χ0v) is 17.8. The molecule has 2 heterocycles. The number of nitrogens with one attached hydrogen (secondary N) is 2. The first kappa shape index (κ1) is 20.1. The van der Waals surface area contributed by atoms with Crippen LogP contribution in [0.5, 0.6) is 0 Å². The summed E-state index contributed by atoms with van der Waals surface area (Å²) in [6.45, 7) is 5.97. The van der Waals surface area contributed by atoms with Crippen LogP contribution in [0.2, 0.25) is 0 Å². The molecule has 0 saturated heterocycles. The number of aromatic amines is 1. The van der Waals surface area contributed by atoms with Gasteiger partial charge in [-0.25, -0.2) is 4.98 Å². The Morgan fingerprint density at radius 1 is 1.07 bits per heavy atom. The topological polar surface area (TPSA) is 101 Å². The van der Waals surface area contributed by atoms with Crippen LogP contribution < -0.4 is 5.32 Å². The summed E-state index contributed by atoms with van der Waals surface area (Å²) in [6.07, 6.45) is 0. The Bertz CT molecular complexity index is 1110. The van der Waals surface area contributed by atoms with Gasteiger partial charge in [-0.3, -0.25) is 4.79 Å².